The first kappa shape index (κ1) is 11.0. The van der Waals surface area contributed by atoms with E-state index in [1.165, 1.54) is 22.6 Å². The van der Waals surface area contributed by atoms with Crippen molar-refractivity contribution in [3.8, 4) is 0 Å². The van der Waals surface area contributed by atoms with Gasteiger partial charge in [-0.15, -0.1) is 0 Å². The fraction of sp³-hybridized carbons (Fsp3) is 0.333. The maximum atomic E-state index is 11.4. The molecule has 0 aliphatic carbocycles. The smallest absolute Gasteiger partial charge is 0.370 e. The average molecular weight is 302 g/mol. The van der Waals surface area contributed by atoms with E-state index in [1.807, 2.05) is 0 Å². The van der Waals surface area contributed by atoms with E-state index in [0.29, 0.717) is 0 Å². The van der Waals surface area contributed by atoms with E-state index < -0.39 is 19.4 Å². The highest BCUT2D eigenvalue weighted by molar-refractivity contribution is 14.1. The molecule has 0 aliphatic heterocycles. The maximum Gasteiger partial charge on any atom is 0.534 e. The molecule has 0 aromatic rings. The van der Waals surface area contributed by atoms with Crippen LogP contribution in [0.5, 0.6) is 0 Å². The Labute approximate surface area is 74.5 Å². The summed E-state index contributed by atoms with van der Waals surface area (Å²) in [5.74, 6) is 0. The van der Waals surface area contributed by atoms with Crippen LogP contribution < -0.4 is 0 Å². The van der Waals surface area contributed by atoms with Crippen LogP contribution in [0.2, 0.25) is 0 Å². The van der Waals surface area contributed by atoms with Gasteiger partial charge in [0.1, 0.15) is 0 Å². The molecule has 11 heavy (non-hydrogen) atoms. The molecule has 0 aromatic heterocycles. The molecule has 66 valence electrons. The van der Waals surface area contributed by atoms with Crippen molar-refractivity contribution in [3.05, 3.63) is 10.3 Å². The fourth-order valence-corrected chi connectivity index (χ4v) is 1.21. The fourth-order valence-electron chi connectivity index (χ4n) is 0.166. The summed E-state index contributed by atoms with van der Waals surface area (Å²) < 4.78 is 57.3. The summed E-state index contributed by atoms with van der Waals surface area (Å²) in [7, 11) is -5.50. The number of hydrogen-bond acceptors (Lipinski definition) is 3. The molecule has 0 saturated carbocycles. The van der Waals surface area contributed by atoms with E-state index in [2.05, 4.69) is 10.8 Å². The predicted molar refractivity (Wildman–Crippen MR) is 39.2 cm³/mol. The van der Waals surface area contributed by atoms with Crippen molar-refractivity contribution in [2.45, 2.75) is 5.51 Å². The van der Waals surface area contributed by atoms with Gasteiger partial charge in [-0.1, -0.05) is 0 Å². The van der Waals surface area contributed by atoms with Gasteiger partial charge in [0.15, 0.2) is 3.77 Å². The summed E-state index contributed by atoms with van der Waals surface area (Å²) in [6, 6.07) is 0. The van der Waals surface area contributed by atoms with Crippen molar-refractivity contribution >= 4 is 32.7 Å². The molecule has 0 bridgehead atoms. The van der Waals surface area contributed by atoms with Crippen LogP contribution in [-0.2, 0) is 14.3 Å². The quantitative estimate of drug-likeness (QED) is 0.338. The van der Waals surface area contributed by atoms with E-state index in [-0.39, 0.29) is 0 Å². The molecule has 0 saturated heterocycles. The van der Waals surface area contributed by atoms with E-state index in [9.17, 15) is 21.6 Å². The summed E-state index contributed by atoms with van der Waals surface area (Å²) in [6.07, 6.45) is 0. The highest BCUT2D eigenvalue weighted by Gasteiger charge is 2.48. The molecular weight excluding hydrogens is 300 g/mol. The molecule has 8 heteroatoms. The lowest BCUT2D eigenvalue weighted by molar-refractivity contribution is -0.0515. The van der Waals surface area contributed by atoms with Crippen LogP contribution in [-0.4, -0.2) is 13.9 Å². The average Bonchev–Trinajstić information content (AvgIpc) is 1.56. The number of hydrogen-bond donors (Lipinski definition) is 0. The molecule has 0 spiro atoms. The molecule has 0 heterocycles. The van der Waals surface area contributed by atoms with Crippen molar-refractivity contribution in [2.75, 3.05) is 0 Å². The van der Waals surface area contributed by atoms with Crippen LogP contribution in [0, 0.1) is 0 Å². The molecule has 0 unspecified atom stereocenters. The van der Waals surface area contributed by atoms with E-state index in [4.69, 9.17) is 0 Å². The molecule has 0 fully saturated rings. The third-order valence-corrected chi connectivity index (χ3v) is 1.99. The largest absolute Gasteiger partial charge is 0.534 e. The van der Waals surface area contributed by atoms with Crippen LogP contribution in [0.1, 0.15) is 0 Å². The van der Waals surface area contributed by atoms with Crippen molar-refractivity contribution in [2.24, 2.45) is 0 Å². The highest BCUT2D eigenvalue weighted by atomic mass is 127. The Morgan fingerprint density at radius 3 is 1.91 bits per heavy atom. The zero-order valence-electron chi connectivity index (χ0n) is 4.85. The van der Waals surface area contributed by atoms with Crippen LogP contribution in [0.3, 0.4) is 0 Å². The number of rotatable bonds is 2. The second kappa shape index (κ2) is 3.17. The first-order chi connectivity index (χ1) is 4.67. The first-order valence-electron chi connectivity index (χ1n) is 2.02. The molecule has 0 N–H and O–H groups in total. The summed E-state index contributed by atoms with van der Waals surface area (Å²) in [5, 5.41) is 0. The van der Waals surface area contributed by atoms with Gasteiger partial charge in [0.2, 0.25) is 0 Å². The monoisotopic (exact) mass is 302 g/mol. The Balaban J connectivity index is 4.64. The van der Waals surface area contributed by atoms with E-state index >= 15 is 0 Å². The molecule has 0 amide bonds. The molecular formula is C3H2F3IO3S. The van der Waals surface area contributed by atoms with E-state index in [0.717, 1.165) is 0 Å². The molecule has 0 aromatic carbocycles. The second-order valence-corrected chi connectivity index (χ2v) is 4.08. The SMILES string of the molecule is C=C(I)OS(=O)(=O)C(F)(F)F. The standard InChI is InChI=1S/C3H2F3IO3S/c1-2(7)10-11(8,9)3(4,5)6/h1H2. The summed E-state index contributed by atoms with van der Waals surface area (Å²) >= 11 is 1.21. The zero-order chi connectivity index (χ0) is 9.28. The zero-order valence-corrected chi connectivity index (χ0v) is 7.83. The van der Waals surface area contributed by atoms with Gasteiger partial charge in [-0.05, 0) is 6.58 Å². The van der Waals surface area contributed by atoms with Gasteiger partial charge in [-0.2, -0.15) is 21.6 Å². The normalized spacial score (nSPS) is 12.7. The third kappa shape index (κ3) is 3.27. The second-order valence-electron chi connectivity index (χ2n) is 1.34. The topological polar surface area (TPSA) is 43.4 Å². The summed E-state index contributed by atoms with van der Waals surface area (Å²) in [6.45, 7) is 2.84. The van der Waals surface area contributed by atoms with E-state index in [1.54, 1.807) is 0 Å². The van der Waals surface area contributed by atoms with Gasteiger partial charge in [0.25, 0.3) is 0 Å². The van der Waals surface area contributed by atoms with Gasteiger partial charge in [-0.3, -0.25) is 0 Å². The van der Waals surface area contributed by atoms with Crippen molar-refractivity contribution in [3.63, 3.8) is 0 Å². The van der Waals surface area contributed by atoms with Crippen LogP contribution in [0.4, 0.5) is 13.2 Å². The Morgan fingerprint density at radius 1 is 1.45 bits per heavy atom. The lowest BCUT2D eigenvalue weighted by atomic mass is 11.2. The Morgan fingerprint density at radius 2 is 1.82 bits per heavy atom. The molecule has 0 atom stereocenters. The maximum absolute atomic E-state index is 11.4. The van der Waals surface area contributed by atoms with Crippen molar-refractivity contribution in [1.29, 1.82) is 0 Å². The minimum absolute atomic E-state index is 0.556. The van der Waals surface area contributed by atoms with Gasteiger partial charge < -0.3 is 4.18 Å². The first-order valence-corrected chi connectivity index (χ1v) is 4.50. The Hall–Kier alpha value is 0.01000. The molecule has 0 rings (SSSR count). The number of halogens is 4. The minimum atomic E-state index is -5.50. The lowest BCUT2D eigenvalue weighted by Crippen LogP contribution is -2.24. The van der Waals surface area contributed by atoms with Gasteiger partial charge in [0, 0.05) is 22.6 Å². The highest BCUT2D eigenvalue weighted by Crippen LogP contribution is 2.27. The van der Waals surface area contributed by atoms with Gasteiger partial charge in [0.05, 0.1) is 0 Å². The van der Waals surface area contributed by atoms with Crippen molar-refractivity contribution < 1.29 is 25.8 Å². The van der Waals surface area contributed by atoms with Gasteiger partial charge >= 0.3 is 15.6 Å². The summed E-state index contributed by atoms with van der Waals surface area (Å²) in [4.78, 5) is 0. The lowest BCUT2D eigenvalue weighted by Gasteiger charge is -2.06. The summed E-state index contributed by atoms with van der Waals surface area (Å²) in [5.41, 5.74) is -5.39. The van der Waals surface area contributed by atoms with Crippen LogP contribution >= 0.6 is 22.6 Å². The molecule has 0 aliphatic rings. The van der Waals surface area contributed by atoms with Crippen molar-refractivity contribution in [1.82, 2.24) is 0 Å². The third-order valence-electron chi connectivity index (χ3n) is 0.484. The minimum Gasteiger partial charge on any atom is -0.370 e. The predicted octanol–water partition coefficient (Wildman–Crippen LogP) is 1.76. The Bertz CT molecular complexity index is 253. The molecule has 0 radical (unpaired) electrons. The molecule has 3 nitrogen and oxygen atoms in total. The number of alkyl halides is 3. The Kier molecular flexibility index (Phi) is 3.17. The van der Waals surface area contributed by atoms with Crippen LogP contribution in [0.15, 0.2) is 10.3 Å². The van der Waals surface area contributed by atoms with Gasteiger partial charge in [-0.25, -0.2) is 0 Å². The van der Waals surface area contributed by atoms with Crippen LogP contribution in [0.25, 0.3) is 0 Å².